The Kier molecular flexibility index (Phi) is 5.05. The lowest BCUT2D eigenvalue weighted by Crippen LogP contribution is -2.15. The van der Waals surface area contributed by atoms with E-state index in [-0.39, 0.29) is 11.4 Å². The Morgan fingerprint density at radius 2 is 2.00 bits per heavy atom. The molecule has 0 spiro atoms. The van der Waals surface area contributed by atoms with Crippen LogP contribution in [0.4, 0.5) is 4.39 Å². The molecule has 21 heavy (non-hydrogen) atoms. The second-order valence-corrected chi connectivity index (χ2v) is 5.28. The Morgan fingerprint density at radius 1 is 1.29 bits per heavy atom. The van der Waals surface area contributed by atoms with Gasteiger partial charge in [-0.3, -0.25) is 0 Å². The zero-order valence-electron chi connectivity index (χ0n) is 11.4. The summed E-state index contributed by atoms with van der Waals surface area (Å²) < 4.78 is 19.3. The molecule has 6 heteroatoms. The van der Waals surface area contributed by atoms with Crippen molar-refractivity contribution >= 4 is 17.6 Å². The number of rotatable bonds is 5. The van der Waals surface area contributed by atoms with E-state index in [0.29, 0.717) is 11.3 Å². The fourth-order valence-electron chi connectivity index (χ4n) is 1.78. The average molecular weight is 306 g/mol. The van der Waals surface area contributed by atoms with Crippen molar-refractivity contribution in [2.24, 2.45) is 10.9 Å². The van der Waals surface area contributed by atoms with Crippen molar-refractivity contribution in [3.8, 4) is 5.75 Å². The maximum atomic E-state index is 14.2. The van der Waals surface area contributed by atoms with Gasteiger partial charge >= 0.3 is 0 Å². The van der Waals surface area contributed by atoms with Crippen molar-refractivity contribution in [1.29, 1.82) is 0 Å². The van der Waals surface area contributed by atoms with Gasteiger partial charge in [-0.2, -0.15) is 0 Å². The summed E-state index contributed by atoms with van der Waals surface area (Å²) in [6.45, 7) is 0. The number of hydrogen-bond acceptors (Lipinski definition) is 4. The lowest BCUT2D eigenvalue weighted by Gasteiger charge is -2.07. The Hall–Kier alpha value is -2.21. The number of hydrogen-bond donors (Lipinski definition) is 2. The Bertz CT molecular complexity index is 645. The third-order valence-electron chi connectivity index (χ3n) is 2.92. The maximum absolute atomic E-state index is 14.2. The second-order valence-electron chi connectivity index (χ2n) is 4.23. The highest BCUT2D eigenvalue weighted by atomic mass is 32.2. The molecule has 0 aliphatic rings. The van der Waals surface area contributed by atoms with Crippen LogP contribution < -0.4 is 10.5 Å². The first-order valence-corrected chi connectivity index (χ1v) is 7.16. The molecule has 2 aromatic carbocycles. The molecular formula is C15H15FN2O2S. The van der Waals surface area contributed by atoms with Gasteiger partial charge in [0.1, 0.15) is 11.6 Å². The third kappa shape index (κ3) is 3.66. The highest BCUT2D eigenvalue weighted by molar-refractivity contribution is 7.98. The third-order valence-corrected chi connectivity index (χ3v) is 3.98. The summed E-state index contributed by atoms with van der Waals surface area (Å²) in [5.74, 6) is 0.530. The SMILES string of the molecule is COc1ccc(SCc2cccc(/C(N)=N/O)c2F)cc1. The zero-order chi connectivity index (χ0) is 15.2. The maximum Gasteiger partial charge on any atom is 0.173 e. The Morgan fingerprint density at radius 3 is 2.62 bits per heavy atom. The van der Waals surface area contributed by atoms with E-state index < -0.39 is 5.82 Å². The number of benzene rings is 2. The summed E-state index contributed by atoms with van der Waals surface area (Å²) in [7, 11) is 1.61. The molecule has 0 atom stereocenters. The van der Waals surface area contributed by atoms with Crippen molar-refractivity contribution in [3.63, 3.8) is 0 Å². The fraction of sp³-hybridized carbons (Fsp3) is 0.133. The fourth-order valence-corrected chi connectivity index (χ4v) is 2.65. The van der Waals surface area contributed by atoms with Crippen LogP contribution in [0.2, 0.25) is 0 Å². The van der Waals surface area contributed by atoms with Gasteiger partial charge in [-0.25, -0.2) is 4.39 Å². The molecule has 0 amide bonds. The normalized spacial score (nSPS) is 11.4. The molecule has 0 radical (unpaired) electrons. The second kappa shape index (κ2) is 6.99. The molecule has 2 rings (SSSR count). The molecule has 0 aromatic heterocycles. The summed E-state index contributed by atoms with van der Waals surface area (Å²) in [6.07, 6.45) is 0. The van der Waals surface area contributed by atoms with E-state index in [4.69, 9.17) is 15.7 Å². The monoisotopic (exact) mass is 306 g/mol. The highest BCUT2D eigenvalue weighted by Crippen LogP contribution is 2.26. The topological polar surface area (TPSA) is 67.8 Å². The van der Waals surface area contributed by atoms with Crippen LogP contribution in [0, 0.1) is 5.82 Å². The number of nitrogens with zero attached hydrogens (tertiary/aromatic N) is 1. The highest BCUT2D eigenvalue weighted by Gasteiger charge is 2.11. The quantitative estimate of drug-likeness (QED) is 0.293. The molecule has 4 nitrogen and oxygen atoms in total. The van der Waals surface area contributed by atoms with Crippen LogP contribution in [-0.2, 0) is 5.75 Å². The molecule has 2 aromatic rings. The molecule has 0 aliphatic heterocycles. The lowest BCUT2D eigenvalue weighted by atomic mass is 10.1. The molecule has 0 aliphatic carbocycles. The number of halogens is 1. The van der Waals surface area contributed by atoms with Crippen LogP contribution in [0.15, 0.2) is 52.5 Å². The van der Waals surface area contributed by atoms with E-state index in [1.165, 1.54) is 17.8 Å². The predicted octanol–water partition coefficient (Wildman–Crippen LogP) is 3.22. The summed E-state index contributed by atoms with van der Waals surface area (Å²) in [5, 5.41) is 11.5. The number of ether oxygens (including phenoxy) is 1. The van der Waals surface area contributed by atoms with Crippen molar-refractivity contribution < 1.29 is 14.3 Å². The van der Waals surface area contributed by atoms with Gasteiger partial charge in [-0.05, 0) is 35.9 Å². The Balaban J connectivity index is 2.12. The number of amidine groups is 1. The van der Waals surface area contributed by atoms with Crippen LogP contribution in [0.25, 0.3) is 0 Å². The summed E-state index contributed by atoms with van der Waals surface area (Å²) >= 11 is 1.50. The van der Waals surface area contributed by atoms with E-state index in [2.05, 4.69) is 5.16 Å². The Labute approximate surface area is 126 Å². The van der Waals surface area contributed by atoms with Crippen LogP contribution in [0.3, 0.4) is 0 Å². The minimum atomic E-state index is -0.464. The minimum Gasteiger partial charge on any atom is -0.497 e. The van der Waals surface area contributed by atoms with Crippen LogP contribution in [0.5, 0.6) is 5.75 Å². The van der Waals surface area contributed by atoms with Crippen molar-refractivity contribution in [2.75, 3.05) is 7.11 Å². The molecule has 3 N–H and O–H groups in total. The van der Waals surface area contributed by atoms with E-state index in [1.54, 1.807) is 19.2 Å². The van der Waals surface area contributed by atoms with Gasteiger partial charge in [0.15, 0.2) is 5.84 Å². The predicted molar refractivity (Wildman–Crippen MR) is 81.5 cm³/mol. The van der Waals surface area contributed by atoms with E-state index in [9.17, 15) is 4.39 Å². The number of oxime groups is 1. The number of methoxy groups -OCH3 is 1. The molecule has 0 fully saturated rings. The first kappa shape index (κ1) is 15.2. The van der Waals surface area contributed by atoms with E-state index in [1.807, 2.05) is 24.3 Å². The average Bonchev–Trinajstić information content (AvgIpc) is 2.53. The smallest absolute Gasteiger partial charge is 0.173 e. The first-order valence-electron chi connectivity index (χ1n) is 6.18. The standard InChI is InChI=1S/C15H15FN2O2S/c1-20-11-5-7-12(8-6-11)21-9-10-3-2-4-13(14(10)16)15(17)18-19/h2-8,19H,9H2,1H3,(H2,17,18). The van der Waals surface area contributed by atoms with E-state index in [0.717, 1.165) is 10.6 Å². The van der Waals surface area contributed by atoms with Gasteiger partial charge in [0.25, 0.3) is 0 Å². The number of thioether (sulfide) groups is 1. The first-order chi connectivity index (χ1) is 10.2. The van der Waals surface area contributed by atoms with Gasteiger partial charge in [-0.15, -0.1) is 11.8 Å². The van der Waals surface area contributed by atoms with Crippen LogP contribution in [0.1, 0.15) is 11.1 Å². The van der Waals surface area contributed by atoms with Gasteiger partial charge in [0, 0.05) is 10.6 Å². The van der Waals surface area contributed by atoms with Crippen molar-refractivity contribution in [3.05, 3.63) is 59.4 Å². The number of nitrogens with two attached hydrogens (primary N) is 1. The zero-order valence-corrected chi connectivity index (χ0v) is 12.2. The molecule has 0 heterocycles. The summed E-state index contributed by atoms with van der Waals surface area (Å²) in [5.41, 5.74) is 6.04. The van der Waals surface area contributed by atoms with Gasteiger partial charge in [0.2, 0.25) is 0 Å². The molecule has 110 valence electrons. The van der Waals surface area contributed by atoms with Gasteiger partial charge in [-0.1, -0.05) is 17.3 Å². The summed E-state index contributed by atoms with van der Waals surface area (Å²) in [6, 6.07) is 12.4. The van der Waals surface area contributed by atoms with Crippen LogP contribution in [-0.4, -0.2) is 18.2 Å². The van der Waals surface area contributed by atoms with Crippen molar-refractivity contribution in [1.82, 2.24) is 0 Å². The van der Waals surface area contributed by atoms with Gasteiger partial charge < -0.3 is 15.7 Å². The molecule has 0 saturated carbocycles. The van der Waals surface area contributed by atoms with Crippen molar-refractivity contribution in [2.45, 2.75) is 10.6 Å². The minimum absolute atomic E-state index is 0.102. The summed E-state index contributed by atoms with van der Waals surface area (Å²) in [4.78, 5) is 1.00. The lowest BCUT2D eigenvalue weighted by molar-refractivity contribution is 0.318. The molecule has 0 saturated heterocycles. The molecule has 0 bridgehead atoms. The largest absolute Gasteiger partial charge is 0.497 e. The van der Waals surface area contributed by atoms with E-state index >= 15 is 0 Å². The molecule has 0 unspecified atom stereocenters. The van der Waals surface area contributed by atoms with Gasteiger partial charge in [0.05, 0.1) is 12.7 Å². The van der Waals surface area contributed by atoms with Crippen LogP contribution >= 0.6 is 11.8 Å². The molecular weight excluding hydrogens is 291 g/mol.